The van der Waals surface area contributed by atoms with Crippen LogP contribution in [0.15, 0.2) is 29.2 Å². The number of nitrogens with zero attached hydrogens (tertiary/aromatic N) is 1. The first-order chi connectivity index (χ1) is 12.0. The Morgan fingerprint density at radius 1 is 1.12 bits per heavy atom. The van der Waals surface area contributed by atoms with Gasteiger partial charge in [-0.15, -0.1) is 0 Å². The standard InChI is InChI=1S/C19H28N2O3S/c1-2-21(17-11-5-6-12-17)19(22)15-8-7-13-18(14-15)25(23,24)20-16-9-3-4-10-16/h7-8,13-14,16-17,20H,2-6,9-12H2,1H3. The Kier molecular flexibility index (Phi) is 5.79. The monoisotopic (exact) mass is 364 g/mol. The Hall–Kier alpha value is -1.40. The normalized spacial score (nSPS) is 19.4. The van der Waals surface area contributed by atoms with E-state index in [0.717, 1.165) is 51.4 Å². The molecule has 2 fully saturated rings. The minimum absolute atomic E-state index is 0.0231. The molecule has 0 aliphatic heterocycles. The minimum Gasteiger partial charge on any atom is -0.336 e. The van der Waals surface area contributed by atoms with Gasteiger partial charge < -0.3 is 4.90 Å². The van der Waals surface area contributed by atoms with Gasteiger partial charge in [-0.05, 0) is 50.8 Å². The maximum Gasteiger partial charge on any atom is 0.254 e. The molecular formula is C19H28N2O3S. The van der Waals surface area contributed by atoms with Gasteiger partial charge in [0.15, 0.2) is 0 Å². The minimum atomic E-state index is -3.57. The molecule has 1 aromatic carbocycles. The van der Waals surface area contributed by atoms with Gasteiger partial charge in [0, 0.05) is 24.2 Å². The Labute approximate surface area is 150 Å². The van der Waals surface area contributed by atoms with Crippen LogP contribution in [0.3, 0.4) is 0 Å². The third-order valence-corrected chi connectivity index (χ3v) is 6.95. The summed E-state index contributed by atoms with van der Waals surface area (Å²) in [5, 5.41) is 0. The zero-order chi connectivity index (χ0) is 17.9. The van der Waals surface area contributed by atoms with Crippen molar-refractivity contribution < 1.29 is 13.2 Å². The summed E-state index contributed by atoms with van der Waals surface area (Å²) >= 11 is 0. The second-order valence-corrected chi connectivity index (χ2v) is 8.87. The van der Waals surface area contributed by atoms with Crippen LogP contribution in [0.5, 0.6) is 0 Å². The summed E-state index contributed by atoms with van der Waals surface area (Å²) in [4.78, 5) is 15.0. The topological polar surface area (TPSA) is 66.5 Å². The molecule has 25 heavy (non-hydrogen) atoms. The fourth-order valence-electron chi connectivity index (χ4n) is 4.08. The van der Waals surface area contributed by atoms with Crippen LogP contribution in [0.1, 0.15) is 68.6 Å². The van der Waals surface area contributed by atoms with E-state index < -0.39 is 10.0 Å². The molecule has 2 aliphatic rings. The third kappa shape index (κ3) is 4.23. The van der Waals surface area contributed by atoms with E-state index in [1.165, 1.54) is 6.07 Å². The molecular weight excluding hydrogens is 336 g/mol. The largest absolute Gasteiger partial charge is 0.336 e. The van der Waals surface area contributed by atoms with E-state index in [2.05, 4.69) is 4.72 Å². The lowest BCUT2D eigenvalue weighted by atomic mass is 10.1. The smallest absolute Gasteiger partial charge is 0.254 e. The highest BCUT2D eigenvalue weighted by molar-refractivity contribution is 7.89. The van der Waals surface area contributed by atoms with Crippen LogP contribution in [-0.4, -0.2) is 37.9 Å². The van der Waals surface area contributed by atoms with Crippen molar-refractivity contribution in [1.29, 1.82) is 0 Å². The van der Waals surface area contributed by atoms with Crippen molar-refractivity contribution in [2.45, 2.75) is 75.3 Å². The molecule has 2 saturated carbocycles. The van der Waals surface area contributed by atoms with Gasteiger partial charge >= 0.3 is 0 Å². The number of amides is 1. The second kappa shape index (κ2) is 7.87. The van der Waals surface area contributed by atoms with Crippen LogP contribution in [0.4, 0.5) is 0 Å². The van der Waals surface area contributed by atoms with Crippen molar-refractivity contribution in [1.82, 2.24) is 9.62 Å². The van der Waals surface area contributed by atoms with E-state index in [4.69, 9.17) is 0 Å². The molecule has 0 spiro atoms. The van der Waals surface area contributed by atoms with Gasteiger partial charge in [0.05, 0.1) is 4.90 Å². The fourth-order valence-corrected chi connectivity index (χ4v) is 5.43. The molecule has 0 bridgehead atoms. The first-order valence-corrected chi connectivity index (χ1v) is 10.9. The predicted molar refractivity (Wildman–Crippen MR) is 98.0 cm³/mol. The van der Waals surface area contributed by atoms with E-state index in [0.29, 0.717) is 12.1 Å². The highest BCUT2D eigenvalue weighted by atomic mass is 32.2. The van der Waals surface area contributed by atoms with Crippen molar-refractivity contribution in [3.05, 3.63) is 29.8 Å². The average Bonchev–Trinajstić information content (AvgIpc) is 3.29. The van der Waals surface area contributed by atoms with E-state index >= 15 is 0 Å². The van der Waals surface area contributed by atoms with Crippen molar-refractivity contribution >= 4 is 15.9 Å². The molecule has 1 aromatic rings. The predicted octanol–water partition coefficient (Wildman–Crippen LogP) is 3.31. The Bertz CT molecular complexity index is 705. The number of sulfonamides is 1. The Balaban J connectivity index is 1.79. The molecule has 0 heterocycles. The van der Waals surface area contributed by atoms with E-state index in [1.807, 2.05) is 11.8 Å². The summed E-state index contributed by atoms with van der Waals surface area (Å²) in [6.07, 6.45) is 8.33. The molecule has 5 nitrogen and oxygen atoms in total. The number of nitrogens with one attached hydrogen (secondary N) is 1. The lowest BCUT2D eigenvalue weighted by Crippen LogP contribution is -2.38. The summed E-state index contributed by atoms with van der Waals surface area (Å²) in [6, 6.07) is 6.79. The lowest BCUT2D eigenvalue weighted by Gasteiger charge is -2.28. The molecule has 0 atom stereocenters. The van der Waals surface area contributed by atoms with Crippen LogP contribution in [-0.2, 0) is 10.0 Å². The van der Waals surface area contributed by atoms with Gasteiger partial charge in [-0.25, -0.2) is 13.1 Å². The Morgan fingerprint density at radius 2 is 1.76 bits per heavy atom. The molecule has 0 radical (unpaired) electrons. The number of carbonyl (C=O) groups excluding carboxylic acids is 1. The van der Waals surface area contributed by atoms with Gasteiger partial charge in [-0.3, -0.25) is 4.79 Å². The average molecular weight is 365 g/mol. The van der Waals surface area contributed by atoms with E-state index in [-0.39, 0.29) is 22.9 Å². The van der Waals surface area contributed by atoms with Gasteiger partial charge in [0.2, 0.25) is 10.0 Å². The maximum absolute atomic E-state index is 12.9. The summed E-state index contributed by atoms with van der Waals surface area (Å²) in [5.74, 6) is -0.0627. The van der Waals surface area contributed by atoms with Gasteiger partial charge in [0.25, 0.3) is 5.91 Å². The highest BCUT2D eigenvalue weighted by Crippen LogP contribution is 2.25. The molecule has 1 amide bonds. The van der Waals surface area contributed by atoms with Gasteiger partial charge in [0.1, 0.15) is 0 Å². The second-order valence-electron chi connectivity index (χ2n) is 7.16. The van der Waals surface area contributed by atoms with Crippen molar-refractivity contribution in [2.24, 2.45) is 0 Å². The molecule has 0 saturated heterocycles. The first kappa shape index (κ1) is 18.4. The lowest BCUT2D eigenvalue weighted by molar-refractivity contribution is 0.0693. The summed E-state index contributed by atoms with van der Waals surface area (Å²) in [7, 11) is -3.57. The molecule has 0 unspecified atom stereocenters. The zero-order valence-corrected chi connectivity index (χ0v) is 15.7. The number of hydrogen-bond donors (Lipinski definition) is 1. The van der Waals surface area contributed by atoms with Crippen LogP contribution < -0.4 is 4.72 Å². The van der Waals surface area contributed by atoms with E-state index in [1.54, 1.807) is 18.2 Å². The number of carbonyl (C=O) groups is 1. The number of hydrogen-bond acceptors (Lipinski definition) is 3. The zero-order valence-electron chi connectivity index (χ0n) is 14.9. The van der Waals surface area contributed by atoms with Gasteiger partial charge in [-0.2, -0.15) is 0 Å². The maximum atomic E-state index is 12.9. The molecule has 1 N–H and O–H groups in total. The molecule has 3 rings (SSSR count). The van der Waals surface area contributed by atoms with Crippen LogP contribution in [0.2, 0.25) is 0 Å². The summed E-state index contributed by atoms with van der Waals surface area (Å²) in [6.45, 7) is 2.64. The van der Waals surface area contributed by atoms with Crippen molar-refractivity contribution in [3.8, 4) is 0 Å². The summed E-state index contributed by atoms with van der Waals surface area (Å²) in [5.41, 5.74) is 0.461. The molecule has 2 aliphatic carbocycles. The van der Waals surface area contributed by atoms with Crippen LogP contribution >= 0.6 is 0 Å². The van der Waals surface area contributed by atoms with Crippen molar-refractivity contribution in [2.75, 3.05) is 6.54 Å². The quantitative estimate of drug-likeness (QED) is 0.842. The highest BCUT2D eigenvalue weighted by Gasteiger charge is 2.28. The molecule has 138 valence electrons. The SMILES string of the molecule is CCN(C(=O)c1cccc(S(=O)(=O)NC2CCCC2)c1)C1CCCC1. The van der Waals surface area contributed by atoms with Crippen LogP contribution in [0.25, 0.3) is 0 Å². The molecule has 0 aromatic heterocycles. The van der Waals surface area contributed by atoms with Gasteiger partial charge in [-0.1, -0.05) is 31.7 Å². The fraction of sp³-hybridized carbons (Fsp3) is 0.632. The van der Waals surface area contributed by atoms with E-state index in [9.17, 15) is 13.2 Å². The van der Waals surface area contributed by atoms with Crippen molar-refractivity contribution in [3.63, 3.8) is 0 Å². The number of rotatable bonds is 6. The Morgan fingerprint density at radius 3 is 2.40 bits per heavy atom. The third-order valence-electron chi connectivity index (χ3n) is 5.44. The molecule has 6 heteroatoms. The number of benzene rings is 1. The first-order valence-electron chi connectivity index (χ1n) is 9.44. The summed E-state index contributed by atoms with van der Waals surface area (Å²) < 4.78 is 28.0. The van der Waals surface area contributed by atoms with Crippen LogP contribution in [0, 0.1) is 0 Å².